The second-order valence-electron chi connectivity index (χ2n) is 3.51. The van der Waals surface area contributed by atoms with E-state index >= 15 is 0 Å². The fraction of sp³-hybridized carbons (Fsp3) is 0.100. The van der Waals surface area contributed by atoms with Crippen LogP contribution in [0.1, 0.15) is 5.69 Å². The van der Waals surface area contributed by atoms with Gasteiger partial charge in [-0.05, 0) is 23.7 Å². The lowest BCUT2D eigenvalue weighted by molar-refractivity contribution is 0.425. The van der Waals surface area contributed by atoms with Crippen LogP contribution < -0.4 is 11.0 Å². The first kappa shape index (κ1) is 11.5. The van der Waals surface area contributed by atoms with Crippen LogP contribution in [0.2, 0.25) is 0 Å². The molecule has 2 aromatic rings. The molecule has 2 aromatic heterocycles. The van der Waals surface area contributed by atoms with Crippen molar-refractivity contribution in [2.45, 2.75) is 6.54 Å². The fourth-order valence-corrected chi connectivity index (χ4v) is 1.41. The van der Waals surface area contributed by atoms with E-state index in [0.717, 1.165) is 0 Å². The van der Waals surface area contributed by atoms with E-state index in [-0.39, 0.29) is 11.0 Å². The lowest BCUT2D eigenvalue weighted by Gasteiger charge is -2.05. The van der Waals surface area contributed by atoms with Crippen molar-refractivity contribution in [3.05, 3.63) is 52.7 Å². The van der Waals surface area contributed by atoms with Crippen molar-refractivity contribution in [2.75, 3.05) is 0 Å². The number of hydrogen-bond acceptors (Lipinski definition) is 5. The standard InChI is InChI=1S/C10H10BN3O3/c15-10-6-8(11(16)17)3-5-14(10)7-9-2-1-4-12-13-9/h1-6,16-17H,7H2. The van der Waals surface area contributed by atoms with Gasteiger partial charge in [-0.3, -0.25) is 4.79 Å². The third-order valence-electron chi connectivity index (χ3n) is 2.28. The molecule has 7 heteroatoms. The van der Waals surface area contributed by atoms with Crippen LogP contribution in [0, 0.1) is 0 Å². The van der Waals surface area contributed by atoms with Gasteiger partial charge < -0.3 is 14.6 Å². The molecule has 0 aliphatic carbocycles. The highest BCUT2D eigenvalue weighted by atomic mass is 16.4. The summed E-state index contributed by atoms with van der Waals surface area (Å²) in [5.74, 6) is 0. The highest BCUT2D eigenvalue weighted by Gasteiger charge is 2.11. The molecule has 86 valence electrons. The first-order valence-corrected chi connectivity index (χ1v) is 5.00. The van der Waals surface area contributed by atoms with Gasteiger partial charge in [0.05, 0.1) is 12.2 Å². The van der Waals surface area contributed by atoms with Gasteiger partial charge in [-0.25, -0.2) is 0 Å². The summed E-state index contributed by atoms with van der Waals surface area (Å²) in [6.07, 6.45) is 3.04. The van der Waals surface area contributed by atoms with Gasteiger partial charge in [0.1, 0.15) is 0 Å². The van der Waals surface area contributed by atoms with Crippen molar-refractivity contribution in [3.63, 3.8) is 0 Å². The quantitative estimate of drug-likeness (QED) is 0.619. The van der Waals surface area contributed by atoms with Gasteiger partial charge >= 0.3 is 7.12 Å². The highest BCUT2D eigenvalue weighted by Crippen LogP contribution is 1.93. The largest absolute Gasteiger partial charge is 0.488 e. The Balaban J connectivity index is 2.26. The molecule has 0 atom stereocenters. The lowest BCUT2D eigenvalue weighted by atomic mass is 9.81. The highest BCUT2D eigenvalue weighted by molar-refractivity contribution is 6.58. The van der Waals surface area contributed by atoms with E-state index in [0.29, 0.717) is 12.2 Å². The van der Waals surface area contributed by atoms with Gasteiger partial charge in [0, 0.05) is 18.5 Å². The maximum absolute atomic E-state index is 11.6. The van der Waals surface area contributed by atoms with Crippen molar-refractivity contribution in [1.82, 2.24) is 14.8 Å². The monoisotopic (exact) mass is 231 g/mol. The average molecular weight is 231 g/mol. The zero-order valence-electron chi connectivity index (χ0n) is 8.89. The first-order chi connectivity index (χ1) is 8.16. The van der Waals surface area contributed by atoms with E-state index in [4.69, 9.17) is 10.0 Å². The number of nitrogens with zero attached hydrogens (tertiary/aromatic N) is 3. The van der Waals surface area contributed by atoms with Gasteiger partial charge in [0.2, 0.25) is 0 Å². The molecule has 0 unspecified atom stereocenters. The van der Waals surface area contributed by atoms with Gasteiger partial charge in [-0.15, -0.1) is 0 Å². The smallest absolute Gasteiger partial charge is 0.423 e. The number of aromatic nitrogens is 3. The summed E-state index contributed by atoms with van der Waals surface area (Å²) < 4.78 is 1.41. The zero-order valence-corrected chi connectivity index (χ0v) is 8.89. The summed E-state index contributed by atoms with van der Waals surface area (Å²) >= 11 is 0. The molecule has 0 bridgehead atoms. The molecule has 0 aliphatic rings. The molecule has 2 N–H and O–H groups in total. The summed E-state index contributed by atoms with van der Waals surface area (Å²) in [7, 11) is -1.63. The molecule has 0 aromatic carbocycles. The number of rotatable bonds is 3. The molecular weight excluding hydrogens is 221 g/mol. The Kier molecular flexibility index (Phi) is 3.31. The summed E-state index contributed by atoms with van der Waals surface area (Å²) in [4.78, 5) is 11.6. The Morgan fingerprint density at radius 3 is 2.76 bits per heavy atom. The van der Waals surface area contributed by atoms with Crippen LogP contribution in [-0.4, -0.2) is 31.9 Å². The number of hydrogen-bond donors (Lipinski definition) is 2. The van der Waals surface area contributed by atoms with Crippen LogP contribution in [0.5, 0.6) is 0 Å². The summed E-state index contributed by atoms with van der Waals surface area (Å²) in [5, 5.41) is 25.4. The molecule has 0 aliphatic heterocycles. The van der Waals surface area contributed by atoms with Gasteiger partial charge in [-0.1, -0.05) is 0 Å². The summed E-state index contributed by atoms with van der Waals surface area (Å²) in [5.41, 5.74) is 0.513. The van der Waals surface area contributed by atoms with Crippen LogP contribution in [0.3, 0.4) is 0 Å². The van der Waals surface area contributed by atoms with Crippen LogP contribution >= 0.6 is 0 Å². The molecule has 0 amide bonds. The third kappa shape index (κ3) is 2.77. The van der Waals surface area contributed by atoms with Crippen molar-refractivity contribution in [2.24, 2.45) is 0 Å². The van der Waals surface area contributed by atoms with E-state index in [9.17, 15) is 4.79 Å². The minimum Gasteiger partial charge on any atom is -0.423 e. The molecular formula is C10H10BN3O3. The second kappa shape index (κ2) is 4.90. The predicted octanol–water partition coefficient (Wildman–Crippen LogP) is -1.63. The fourth-order valence-electron chi connectivity index (χ4n) is 1.41. The first-order valence-electron chi connectivity index (χ1n) is 5.00. The molecule has 2 rings (SSSR count). The molecule has 17 heavy (non-hydrogen) atoms. The molecule has 0 spiro atoms. The minimum atomic E-state index is -1.63. The van der Waals surface area contributed by atoms with E-state index in [1.165, 1.54) is 22.9 Å². The second-order valence-corrected chi connectivity index (χ2v) is 3.51. The maximum atomic E-state index is 11.6. The normalized spacial score (nSPS) is 10.2. The Labute approximate surface area is 97.3 Å². The van der Waals surface area contributed by atoms with Gasteiger partial charge in [0.15, 0.2) is 0 Å². The van der Waals surface area contributed by atoms with E-state index < -0.39 is 7.12 Å². The van der Waals surface area contributed by atoms with Crippen molar-refractivity contribution < 1.29 is 10.0 Å². The molecule has 0 saturated carbocycles. The van der Waals surface area contributed by atoms with E-state index in [1.54, 1.807) is 18.3 Å². The predicted molar refractivity (Wildman–Crippen MR) is 61.7 cm³/mol. The Bertz CT molecular complexity index is 556. The minimum absolute atomic E-state index is 0.172. The van der Waals surface area contributed by atoms with E-state index in [1.807, 2.05) is 0 Å². The topological polar surface area (TPSA) is 88.2 Å². The SMILES string of the molecule is O=c1cc(B(O)O)ccn1Cc1cccnn1. The van der Waals surface area contributed by atoms with E-state index in [2.05, 4.69) is 10.2 Å². The maximum Gasteiger partial charge on any atom is 0.488 e. The average Bonchev–Trinajstić information content (AvgIpc) is 2.33. The van der Waals surface area contributed by atoms with Gasteiger partial charge in [-0.2, -0.15) is 10.2 Å². The molecule has 0 saturated heterocycles. The molecule has 6 nitrogen and oxygen atoms in total. The summed E-state index contributed by atoms with van der Waals surface area (Å²) in [6.45, 7) is 0.300. The Morgan fingerprint density at radius 1 is 1.35 bits per heavy atom. The lowest BCUT2D eigenvalue weighted by Crippen LogP contribution is -2.35. The zero-order chi connectivity index (χ0) is 12.3. The molecule has 0 fully saturated rings. The van der Waals surface area contributed by atoms with Crippen LogP contribution in [-0.2, 0) is 6.54 Å². The van der Waals surface area contributed by atoms with Crippen LogP contribution in [0.15, 0.2) is 41.5 Å². The van der Waals surface area contributed by atoms with Gasteiger partial charge in [0.25, 0.3) is 5.56 Å². The molecule has 2 heterocycles. The third-order valence-corrected chi connectivity index (χ3v) is 2.28. The van der Waals surface area contributed by atoms with Crippen molar-refractivity contribution in [1.29, 1.82) is 0 Å². The van der Waals surface area contributed by atoms with Crippen molar-refractivity contribution >= 4 is 12.6 Å². The Morgan fingerprint density at radius 2 is 2.18 bits per heavy atom. The van der Waals surface area contributed by atoms with Crippen LogP contribution in [0.25, 0.3) is 0 Å². The van der Waals surface area contributed by atoms with Crippen LogP contribution in [0.4, 0.5) is 0 Å². The van der Waals surface area contributed by atoms with Crippen molar-refractivity contribution in [3.8, 4) is 0 Å². The summed E-state index contributed by atoms with van der Waals surface area (Å²) in [6, 6.07) is 6.15. The Hall–Kier alpha value is -1.99. The molecule has 0 radical (unpaired) electrons. The number of pyridine rings is 1.